The second-order valence-corrected chi connectivity index (χ2v) is 5.89. The van der Waals surface area contributed by atoms with E-state index in [4.69, 9.17) is 25.8 Å². The van der Waals surface area contributed by atoms with Gasteiger partial charge in [0.15, 0.2) is 11.5 Å². The van der Waals surface area contributed by atoms with Gasteiger partial charge in [0, 0.05) is 12.1 Å². The first-order chi connectivity index (χ1) is 12.5. The summed E-state index contributed by atoms with van der Waals surface area (Å²) in [6.45, 7) is 0. The summed E-state index contributed by atoms with van der Waals surface area (Å²) in [6.07, 6.45) is 1.39. The van der Waals surface area contributed by atoms with Gasteiger partial charge in [-0.05, 0) is 18.2 Å². The minimum Gasteiger partial charge on any atom is -0.493 e. The lowest BCUT2D eigenvalue weighted by atomic mass is 10.2. The summed E-state index contributed by atoms with van der Waals surface area (Å²) in [6, 6.07) is 8.30. The number of amides is 1. The topological polar surface area (TPSA) is 82.6 Å². The van der Waals surface area contributed by atoms with Crippen LogP contribution < -0.4 is 19.5 Å². The number of nitrogens with zero attached hydrogens (tertiary/aromatic N) is 2. The average molecular weight is 392 g/mol. The molecule has 26 heavy (non-hydrogen) atoms. The van der Waals surface area contributed by atoms with Crippen molar-refractivity contribution in [2.45, 2.75) is 0 Å². The van der Waals surface area contributed by atoms with Crippen LogP contribution in [0.4, 0.5) is 10.5 Å². The maximum absolute atomic E-state index is 11.0. The summed E-state index contributed by atoms with van der Waals surface area (Å²) < 4.78 is 16.4. The number of carbonyl (C=O) groups excluding carboxylic acids is 1. The summed E-state index contributed by atoms with van der Waals surface area (Å²) in [7, 11) is 3.09. The molecular formula is C17H14ClN3O4S. The van der Waals surface area contributed by atoms with Gasteiger partial charge in [-0.15, -0.1) is 0 Å². The molecule has 3 rings (SSSR count). The largest absolute Gasteiger partial charge is 0.493 e. The zero-order valence-corrected chi connectivity index (χ0v) is 15.5. The van der Waals surface area contributed by atoms with E-state index in [9.17, 15) is 4.79 Å². The number of hydrogen-bond acceptors (Lipinski definition) is 6. The highest BCUT2D eigenvalue weighted by Crippen LogP contribution is 2.36. The minimum atomic E-state index is -0.511. The number of benzene rings is 2. The predicted octanol–water partition coefficient (Wildman–Crippen LogP) is 4.55. The van der Waals surface area contributed by atoms with Crippen molar-refractivity contribution in [1.29, 1.82) is 0 Å². The second-order valence-electron chi connectivity index (χ2n) is 5.08. The van der Waals surface area contributed by atoms with E-state index in [1.165, 1.54) is 6.33 Å². The lowest BCUT2D eigenvalue weighted by molar-refractivity contribution is 0.270. The number of thiol groups is 1. The molecule has 0 radical (unpaired) electrons. The Morgan fingerprint density at radius 3 is 2.50 bits per heavy atom. The summed E-state index contributed by atoms with van der Waals surface area (Å²) >= 11 is 9.81. The monoisotopic (exact) mass is 391 g/mol. The SMILES string of the molecule is COc1cc2ncnc(Oc3ccc(NC(=O)S)c(Cl)c3)c2cc1OC. The first-order valence-corrected chi connectivity index (χ1v) is 8.18. The van der Waals surface area contributed by atoms with Gasteiger partial charge < -0.3 is 19.5 Å². The van der Waals surface area contributed by atoms with Crippen molar-refractivity contribution in [3.8, 4) is 23.1 Å². The summed E-state index contributed by atoms with van der Waals surface area (Å²) in [5.74, 6) is 1.86. The molecule has 0 spiro atoms. The Labute approximate surface area is 159 Å². The fourth-order valence-electron chi connectivity index (χ4n) is 2.33. The van der Waals surface area contributed by atoms with E-state index in [0.717, 1.165) is 0 Å². The molecule has 1 N–H and O–H groups in total. The highest BCUT2D eigenvalue weighted by Gasteiger charge is 2.13. The Bertz CT molecular complexity index is 984. The number of methoxy groups -OCH3 is 2. The highest BCUT2D eigenvalue weighted by atomic mass is 35.5. The summed E-state index contributed by atoms with van der Waals surface area (Å²) in [5.41, 5.74) is 1.07. The number of anilines is 1. The van der Waals surface area contributed by atoms with Gasteiger partial charge in [-0.1, -0.05) is 24.2 Å². The molecule has 0 bridgehead atoms. The number of hydrogen-bond donors (Lipinski definition) is 2. The number of rotatable bonds is 5. The molecule has 1 heterocycles. The van der Waals surface area contributed by atoms with Crippen LogP contribution in [-0.4, -0.2) is 29.4 Å². The molecule has 0 saturated carbocycles. The standard InChI is InChI=1S/C17H14ClN3O4S/c1-23-14-6-10-13(7-15(14)24-2)19-8-20-16(10)25-9-3-4-12(11(18)5-9)21-17(22)26/h3-8H,1-2H3,(H2,21,22,26). The van der Waals surface area contributed by atoms with E-state index in [0.29, 0.717) is 44.7 Å². The first kappa shape index (κ1) is 18.1. The molecule has 1 aromatic heterocycles. The molecule has 0 fully saturated rings. The van der Waals surface area contributed by atoms with Crippen molar-refractivity contribution >= 4 is 46.1 Å². The molecule has 0 aliphatic rings. The van der Waals surface area contributed by atoms with E-state index in [-0.39, 0.29) is 0 Å². The van der Waals surface area contributed by atoms with Crippen molar-refractivity contribution < 1.29 is 19.0 Å². The summed E-state index contributed by atoms with van der Waals surface area (Å²) in [5, 5.41) is 2.95. The van der Waals surface area contributed by atoms with Crippen LogP contribution in [0.2, 0.25) is 5.02 Å². The number of ether oxygens (including phenoxy) is 3. The third-order valence-corrected chi connectivity index (χ3v) is 3.93. The van der Waals surface area contributed by atoms with Gasteiger partial charge in [0.25, 0.3) is 5.24 Å². The van der Waals surface area contributed by atoms with Crippen molar-refractivity contribution in [1.82, 2.24) is 9.97 Å². The second kappa shape index (κ2) is 7.67. The fraction of sp³-hybridized carbons (Fsp3) is 0.118. The Kier molecular flexibility index (Phi) is 5.34. The lowest BCUT2D eigenvalue weighted by Crippen LogP contribution is -2.01. The molecule has 0 saturated heterocycles. The summed E-state index contributed by atoms with van der Waals surface area (Å²) in [4.78, 5) is 19.4. The van der Waals surface area contributed by atoms with E-state index < -0.39 is 5.24 Å². The number of nitrogens with one attached hydrogen (secondary N) is 1. The number of carbonyl (C=O) groups is 1. The number of fused-ring (bicyclic) bond motifs is 1. The van der Waals surface area contributed by atoms with E-state index in [1.807, 2.05) is 0 Å². The third-order valence-electron chi connectivity index (χ3n) is 3.50. The molecule has 9 heteroatoms. The molecule has 0 unspecified atom stereocenters. The van der Waals surface area contributed by atoms with Gasteiger partial charge >= 0.3 is 0 Å². The van der Waals surface area contributed by atoms with Crippen LogP contribution in [-0.2, 0) is 0 Å². The average Bonchev–Trinajstić information content (AvgIpc) is 2.62. The Morgan fingerprint density at radius 2 is 1.85 bits per heavy atom. The van der Waals surface area contributed by atoms with Crippen molar-refractivity contribution in [3.63, 3.8) is 0 Å². The smallest absolute Gasteiger partial charge is 0.280 e. The Balaban J connectivity index is 1.98. The van der Waals surface area contributed by atoms with Crippen molar-refractivity contribution in [2.24, 2.45) is 0 Å². The number of aromatic nitrogens is 2. The first-order valence-electron chi connectivity index (χ1n) is 7.36. The van der Waals surface area contributed by atoms with E-state index >= 15 is 0 Å². The molecule has 134 valence electrons. The van der Waals surface area contributed by atoms with Gasteiger partial charge in [0.05, 0.1) is 35.8 Å². The van der Waals surface area contributed by atoms with E-state index in [1.54, 1.807) is 44.6 Å². The maximum atomic E-state index is 11.0. The Morgan fingerprint density at radius 1 is 1.12 bits per heavy atom. The molecular weight excluding hydrogens is 378 g/mol. The van der Waals surface area contributed by atoms with E-state index in [2.05, 4.69) is 27.9 Å². The fourth-order valence-corrected chi connectivity index (χ4v) is 2.67. The molecule has 7 nitrogen and oxygen atoms in total. The molecule has 0 aliphatic carbocycles. The van der Waals surface area contributed by atoms with Gasteiger partial charge in [-0.2, -0.15) is 0 Å². The lowest BCUT2D eigenvalue weighted by Gasteiger charge is -2.12. The molecule has 3 aromatic rings. The van der Waals surface area contributed by atoms with Crippen LogP contribution in [0.1, 0.15) is 0 Å². The van der Waals surface area contributed by atoms with Crippen LogP contribution in [0.3, 0.4) is 0 Å². The zero-order valence-electron chi connectivity index (χ0n) is 13.8. The van der Waals surface area contributed by atoms with Gasteiger partial charge in [0.1, 0.15) is 12.1 Å². The van der Waals surface area contributed by atoms with Crippen molar-refractivity contribution in [3.05, 3.63) is 41.7 Å². The Hall–Kier alpha value is -2.71. The quantitative estimate of drug-likeness (QED) is 0.620. The van der Waals surface area contributed by atoms with Gasteiger partial charge in [0.2, 0.25) is 5.88 Å². The van der Waals surface area contributed by atoms with Gasteiger partial charge in [-0.3, -0.25) is 4.79 Å². The molecule has 2 aromatic carbocycles. The zero-order chi connectivity index (χ0) is 18.7. The predicted molar refractivity (Wildman–Crippen MR) is 102 cm³/mol. The van der Waals surface area contributed by atoms with Crippen LogP contribution in [0.25, 0.3) is 10.9 Å². The van der Waals surface area contributed by atoms with Crippen molar-refractivity contribution in [2.75, 3.05) is 19.5 Å². The molecule has 1 amide bonds. The normalized spacial score (nSPS) is 10.5. The molecule has 0 atom stereocenters. The van der Waals surface area contributed by atoms with Crippen LogP contribution in [0.5, 0.6) is 23.1 Å². The van der Waals surface area contributed by atoms with Gasteiger partial charge in [-0.25, -0.2) is 9.97 Å². The third kappa shape index (κ3) is 3.76. The highest BCUT2D eigenvalue weighted by molar-refractivity contribution is 7.96. The van der Waals surface area contributed by atoms with Crippen LogP contribution >= 0.6 is 24.2 Å². The molecule has 0 aliphatic heterocycles. The number of halogens is 1. The van der Waals surface area contributed by atoms with Crippen LogP contribution in [0.15, 0.2) is 36.7 Å². The maximum Gasteiger partial charge on any atom is 0.280 e. The minimum absolute atomic E-state index is 0.308. The van der Waals surface area contributed by atoms with Crippen LogP contribution in [0, 0.1) is 0 Å².